The van der Waals surface area contributed by atoms with Crippen molar-refractivity contribution < 1.29 is 9.26 Å². The zero-order chi connectivity index (χ0) is 15.5. The van der Waals surface area contributed by atoms with Gasteiger partial charge in [0, 0.05) is 0 Å². The molecule has 8 nitrogen and oxygen atoms in total. The molecule has 1 atom stereocenters. The number of benzene rings is 1. The number of hydrogen-bond donors (Lipinski definition) is 0. The summed E-state index contributed by atoms with van der Waals surface area (Å²) in [6, 6.07) is 7.49. The van der Waals surface area contributed by atoms with E-state index in [1.165, 1.54) is 11.8 Å². The first-order valence-electron chi connectivity index (χ1n) is 6.57. The van der Waals surface area contributed by atoms with Crippen LogP contribution >= 0.6 is 11.8 Å². The van der Waals surface area contributed by atoms with Crippen molar-refractivity contribution in [3.05, 3.63) is 36.0 Å². The Bertz CT molecular complexity index is 754. The van der Waals surface area contributed by atoms with Crippen molar-refractivity contribution in [3.63, 3.8) is 0 Å². The van der Waals surface area contributed by atoms with Gasteiger partial charge in [-0.3, -0.25) is 0 Å². The van der Waals surface area contributed by atoms with Crippen molar-refractivity contribution >= 4 is 11.8 Å². The van der Waals surface area contributed by atoms with Crippen LogP contribution in [0.25, 0.3) is 5.69 Å². The van der Waals surface area contributed by atoms with Gasteiger partial charge in [0.15, 0.2) is 5.82 Å². The summed E-state index contributed by atoms with van der Waals surface area (Å²) in [6.45, 7) is 3.75. The van der Waals surface area contributed by atoms with Crippen LogP contribution in [0.4, 0.5) is 0 Å². The van der Waals surface area contributed by atoms with Gasteiger partial charge in [-0.2, -0.15) is 9.67 Å². The van der Waals surface area contributed by atoms with Gasteiger partial charge in [0.05, 0.1) is 18.0 Å². The number of rotatable bonds is 5. The van der Waals surface area contributed by atoms with Gasteiger partial charge in [-0.25, -0.2) is 0 Å². The lowest BCUT2D eigenvalue weighted by molar-refractivity contribution is 0.376. The van der Waals surface area contributed by atoms with E-state index in [1.54, 1.807) is 18.7 Å². The number of thioether (sulfide) groups is 1. The highest BCUT2D eigenvalue weighted by molar-refractivity contribution is 7.99. The molecule has 0 radical (unpaired) electrons. The van der Waals surface area contributed by atoms with Gasteiger partial charge in [-0.1, -0.05) is 16.9 Å². The Morgan fingerprint density at radius 3 is 2.68 bits per heavy atom. The van der Waals surface area contributed by atoms with E-state index >= 15 is 0 Å². The summed E-state index contributed by atoms with van der Waals surface area (Å²) >= 11 is 1.45. The van der Waals surface area contributed by atoms with E-state index in [2.05, 4.69) is 25.7 Å². The van der Waals surface area contributed by atoms with Crippen LogP contribution in [0.1, 0.15) is 23.9 Å². The molecule has 1 unspecified atom stereocenters. The molecule has 9 heteroatoms. The van der Waals surface area contributed by atoms with Crippen LogP contribution in [0.2, 0.25) is 0 Å². The first-order chi connectivity index (χ1) is 10.7. The number of tetrazole rings is 1. The van der Waals surface area contributed by atoms with Crippen molar-refractivity contribution in [3.8, 4) is 11.4 Å². The second kappa shape index (κ2) is 6.14. The molecule has 0 aliphatic heterocycles. The third-order valence-corrected chi connectivity index (χ3v) is 3.95. The van der Waals surface area contributed by atoms with Gasteiger partial charge in [-0.05, 0) is 48.5 Å². The van der Waals surface area contributed by atoms with Crippen LogP contribution in [0.5, 0.6) is 5.75 Å². The fraction of sp³-hybridized carbons (Fsp3) is 0.308. The second-order valence-corrected chi connectivity index (χ2v) is 5.82. The Kier molecular flexibility index (Phi) is 4.05. The highest BCUT2D eigenvalue weighted by atomic mass is 32.2. The predicted octanol–water partition coefficient (Wildman–Crippen LogP) is 2.22. The molecular formula is C13H14N6O2S. The van der Waals surface area contributed by atoms with E-state index in [0.717, 1.165) is 11.4 Å². The predicted molar refractivity (Wildman–Crippen MR) is 79.0 cm³/mol. The number of ether oxygens (including phenoxy) is 1. The second-order valence-electron chi connectivity index (χ2n) is 4.51. The van der Waals surface area contributed by atoms with Gasteiger partial charge >= 0.3 is 0 Å². The average molecular weight is 318 g/mol. The number of hydrogen-bond acceptors (Lipinski definition) is 8. The van der Waals surface area contributed by atoms with E-state index in [-0.39, 0.29) is 5.25 Å². The lowest BCUT2D eigenvalue weighted by Crippen LogP contribution is -2.00. The summed E-state index contributed by atoms with van der Waals surface area (Å²) in [4.78, 5) is 4.22. The molecule has 0 aliphatic rings. The molecule has 2 aromatic heterocycles. The minimum Gasteiger partial charge on any atom is -0.497 e. The summed E-state index contributed by atoms with van der Waals surface area (Å²) < 4.78 is 12.0. The third kappa shape index (κ3) is 2.93. The summed E-state index contributed by atoms with van der Waals surface area (Å²) in [7, 11) is 1.63. The van der Waals surface area contributed by atoms with Crippen LogP contribution < -0.4 is 4.74 Å². The summed E-state index contributed by atoms with van der Waals surface area (Å²) in [5, 5.41) is 16.2. The number of nitrogens with zero attached hydrogens (tertiary/aromatic N) is 6. The molecule has 0 bridgehead atoms. The highest BCUT2D eigenvalue weighted by Crippen LogP contribution is 2.33. The van der Waals surface area contributed by atoms with Crippen LogP contribution in [0.15, 0.2) is 33.9 Å². The van der Waals surface area contributed by atoms with Crippen LogP contribution in [0.3, 0.4) is 0 Å². The van der Waals surface area contributed by atoms with E-state index < -0.39 is 0 Å². The normalized spacial score (nSPS) is 12.3. The Balaban J connectivity index is 1.82. The monoisotopic (exact) mass is 318 g/mol. The maximum absolute atomic E-state index is 5.17. The molecule has 114 valence electrons. The highest BCUT2D eigenvalue weighted by Gasteiger charge is 2.19. The molecule has 2 heterocycles. The third-order valence-electron chi connectivity index (χ3n) is 2.93. The number of aryl methyl sites for hydroxylation is 1. The lowest BCUT2D eigenvalue weighted by atomic mass is 10.3. The van der Waals surface area contributed by atoms with Gasteiger partial charge in [0.25, 0.3) is 0 Å². The minimum absolute atomic E-state index is 0.0517. The molecule has 1 aromatic carbocycles. The lowest BCUT2D eigenvalue weighted by Gasteiger charge is -2.07. The first-order valence-corrected chi connectivity index (χ1v) is 7.45. The molecule has 0 spiro atoms. The SMILES string of the molecule is COc1ccc(-n2nnnc2SC(C)c2nc(C)no2)cc1. The molecule has 0 saturated carbocycles. The van der Waals surface area contributed by atoms with Crippen LogP contribution in [-0.4, -0.2) is 37.5 Å². The fourth-order valence-electron chi connectivity index (χ4n) is 1.82. The Labute approximate surface area is 130 Å². The van der Waals surface area contributed by atoms with E-state index in [4.69, 9.17) is 9.26 Å². The van der Waals surface area contributed by atoms with Gasteiger partial charge in [0.1, 0.15) is 5.75 Å². The van der Waals surface area contributed by atoms with Gasteiger partial charge in [-0.15, -0.1) is 5.10 Å². The summed E-state index contributed by atoms with van der Waals surface area (Å²) in [6.07, 6.45) is 0. The standard InChI is InChI=1S/C13H14N6O2S/c1-8(12-14-9(2)16-21-12)22-13-15-17-18-19(13)10-4-6-11(20-3)7-5-10/h4-8H,1-3H3. The number of aromatic nitrogens is 6. The molecular weight excluding hydrogens is 304 g/mol. The van der Waals surface area contributed by atoms with Gasteiger partial charge < -0.3 is 9.26 Å². The topological polar surface area (TPSA) is 91.8 Å². The zero-order valence-corrected chi connectivity index (χ0v) is 13.1. The Hall–Kier alpha value is -2.42. The fourth-order valence-corrected chi connectivity index (χ4v) is 2.66. The van der Waals surface area contributed by atoms with Crippen molar-refractivity contribution in [2.45, 2.75) is 24.3 Å². The molecule has 0 aliphatic carbocycles. The van der Waals surface area contributed by atoms with E-state index in [1.807, 2.05) is 31.2 Å². The zero-order valence-electron chi connectivity index (χ0n) is 12.3. The first kappa shape index (κ1) is 14.5. The van der Waals surface area contributed by atoms with Crippen molar-refractivity contribution in [1.82, 2.24) is 30.3 Å². The van der Waals surface area contributed by atoms with Crippen LogP contribution in [0, 0.1) is 6.92 Å². The van der Waals surface area contributed by atoms with E-state index in [0.29, 0.717) is 16.9 Å². The Morgan fingerprint density at radius 2 is 2.05 bits per heavy atom. The molecule has 0 amide bonds. The minimum atomic E-state index is -0.0517. The smallest absolute Gasteiger partial charge is 0.239 e. The molecule has 0 saturated heterocycles. The van der Waals surface area contributed by atoms with Crippen molar-refractivity contribution in [1.29, 1.82) is 0 Å². The molecule has 3 rings (SSSR count). The van der Waals surface area contributed by atoms with Crippen LogP contribution in [-0.2, 0) is 0 Å². The largest absolute Gasteiger partial charge is 0.497 e. The van der Waals surface area contributed by atoms with Crippen molar-refractivity contribution in [2.75, 3.05) is 7.11 Å². The molecule has 0 N–H and O–H groups in total. The maximum atomic E-state index is 5.17. The molecule has 22 heavy (non-hydrogen) atoms. The number of methoxy groups -OCH3 is 1. The maximum Gasteiger partial charge on any atom is 0.239 e. The van der Waals surface area contributed by atoms with Crippen molar-refractivity contribution in [2.24, 2.45) is 0 Å². The Morgan fingerprint density at radius 1 is 1.27 bits per heavy atom. The summed E-state index contributed by atoms with van der Waals surface area (Å²) in [5.41, 5.74) is 0.849. The molecule has 3 aromatic rings. The average Bonchev–Trinajstić information content (AvgIpc) is 3.16. The molecule has 0 fully saturated rings. The van der Waals surface area contributed by atoms with E-state index in [9.17, 15) is 0 Å². The quantitative estimate of drug-likeness (QED) is 0.661. The van der Waals surface area contributed by atoms with Gasteiger partial charge in [0.2, 0.25) is 11.0 Å². The summed E-state index contributed by atoms with van der Waals surface area (Å²) in [5.74, 6) is 1.93.